The molecule has 0 spiro atoms. The number of benzene rings is 2. The molecule has 1 nitrogen and oxygen atoms in total. The lowest BCUT2D eigenvalue weighted by Crippen LogP contribution is -2.14. The maximum atomic E-state index is 14.1. The number of aryl methyl sites for hydroxylation is 1. The predicted molar refractivity (Wildman–Crippen MR) is 107 cm³/mol. The van der Waals surface area contributed by atoms with Crippen LogP contribution in [0, 0.1) is 23.4 Å². The molecule has 1 aliphatic carbocycles. The van der Waals surface area contributed by atoms with Crippen LogP contribution in [0.4, 0.5) is 13.2 Å². The van der Waals surface area contributed by atoms with Crippen molar-refractivity contribution in [3.05, 3.63) is 71.1 Å². The van der Waals surface area contributed by atoms with E-state index in [0.29, 0.717) is 36.2 Å². The van der Waals surface area contributed by atoms with E-state index in [1.54, 1.807) is 24.3 Å². The largest absolute Gasteiger partial charge is 0.491 e. The van der Waals surface area contributed by atoms with E-state index < -0.39 is 11.6 Å². The zero-order valence-electron chi connectivity index (χ0n) is 16.3. The van der Waals surface area contributed by atoms with Crippen molar-refractivity contribution < 1.29 is 17.9 Å². The van der Waals surface area contributed by atoms with Crippen molar-refractivity contribution in [2.75, 3.05) is 6.61 Å². The van der Waals surface area contributed by atoms with E-state index in [1.807, 2.05) is 13.0 Å². The van der Waals surface area contributed by atoms with Crippen molar-refractivity contribution in [2.24, 2.45) is 5.92 Å². The summed E-state index contributed by atoms with van der Waals surface area (Å²) < 4.78 is 47.4. The SMILES string of the molecule is C=Cc1ccc(CCC2CCC(c3ccc(OCC)c(F)c3)CC2)c(F)c1F. The molecule has 0 aromatic heterocycles. The highest BCUT2D eigenvalue weighted by molar-refractivity contribution is 5.48. The molecule has 150 valence electrons. The molecule has 0 N–H and O–H groups in total. The highest BCUT2D eigenvalue weighted by Crippen LogP contribution is 2.38. The van der Waals surface area contributed by atoms with Crippen molar-refractivity contribution in [1.82, 2.24) is 0 Å². The van der Waals surface area contributed by atoms with Gasteiger partial charge in [-0.25, -0.2) is 13.2 Å². The van der Waals surface area contributed by atoms with E-state index in [4.69, 9.17) is 4.74 Å². The maximum absolute atomic E-state index is 14.1. The quantitative estimate of drug-likeness (QED) is 0.494. The van der Waals surface area contributed by atoms with Gasteiger partial charge in [0.1, 0.15) is 0 Å². The van der Waals surface area contributed by atoms with Gasteiger partial charge in [0, 0.05) is 5.56 Å². The predicted octanol–water partition coefficient (Wildman–Crippen LogP) is 7.05. The van der Waals surface area contributed by atoms with Crippen molar-refractivity contribution in [3.8, 4) is 5.75 Å². The molecule has 1 fully saturated rings. The Morgan fingerprint density at radius 3 is 2.43 bits per heavy atom. The summed E-state index contributed by atoms with van der Waals surface area (Å²) in [4.78, 5) is 0. The minimum absolute atomic E-state index is 0.198. The van der Waals surface area contributed by atoms with Gasteiger partial charge in [-0.15, -0.1) is 0 Å². The van der Waals surface area contributed by atoms with Gasteiger partial charge in [0.25, 0.3) is 0 Å². The minimum atomic E-state index is -0.811. The lowest BCUT2D eigenvalue weighted by Gasteiger charge is -2.29. The topological polar surface area (TPSA) is 9.23 Å². The molecule has 0 atom stereocenters. The van der Waals surface area contributed by atoms with Crippen LogP contribution in [0.15, 0.2) is 36.9 Å². The summed E-state index contributed by atoms with van der Waals surface area (Å²) >= 11 is 0. The summed E-state index contributed by atoms with van der Waals surface area (Å²) in [5, 5.41) is 0. The molecule has 0 heterocycles. The molecule has 0 aliphatic heterocycles. The van der Waals surface area contributed by atoms with Gasteiger partial charge < -0.3 is 4.74 Å². The zero-order chi connectivity index (χ0) is 20.1. The van der Waals surface area contributed by atoms with Crippen LogP contribution in [0.2, 0.25) is 0 Å². The Morgan fingerprint density at radius 1 is 1.04 bits per heavy atom. The van der Waals surface area contributed by atoms with Crippen LogP contribution in [-0.4, -0.2) is 6.61 Å². The van der Waals surface area contributed by atoms with Crippen LogP contribution >= 0.6 is 0 Å². The van der Waals surface area contributed by atoms with E-state index in [2.05, 4.69) is 6.58 Å². The Morgan fingerprint density at radius 2 is 1.79 bits per heavy atom. The lowest BCUT2D eigenvalue weighted by molar-refractivity contribution is 0.306. The summed E-state index contributed by atoms with van der Waals surface area (Å²) in [5.74, 6) is -0.726. The van der Waals surface area contributed by atoms with E-state index in [-0.39, 0.29) is 11.4 Å². The van der Waals surface area contributed by atoms with E-state index in [9.17, 15) is 13.2 Å². The molecular formula is C24H27F3O. The third kappa shape index (κ3) is 4.60. The molecule has 2 aromatic carbocycles. The molecule has 1 saturated carbocycles. The molecular weight excluding hydrogens is 361 g/mol. The van der Waals surface area contributed by atoms with Gasteiger partial charge in [0.05, 0.1) is 6.61 Å². The number of halogens is 3. The molecule has 0 radical (unpaired) electrons. The molecule has 1 aliphatic rings. The highest BCUT2D eigenvalue weighted by atomic mass is 19.2. The van der Waals surface area contributed by atoms with Crippen molar-refractivity contribution in [3.63, 3.8) is 0 Å². The normalized spacial score (nSPS) is 19.4. The van der Waals surface area contributed by atoms with Gasteiger partial charge in [-0.05, 0) is 80.5 Å². The molecule has 0 unspecified atom stereocenters. The standard InChI is InChI=1S/C24H27F3O/c1-3-17-11-12-19(24(27)23(17)26)10-7-16-5-8-18(9-6-16)20-13-14-22(28-4-2)21(25)15-20/h3,11-16,18H,1,4-10H2,2H3. The molecule has 4 heteroatoms. The first-order valence-corrected chi connectivity index (χ1v) is 10.0. The number of hydrogen-bond acceptors (Lipinski definition) is 1. The van der Waals surface area contributed by atoms with Gasteiger partial charge in [0.2, 0.25) is 0 Å². The van der Waals surface area contributed by atoms with E-state index in [0.717, 1.165) is 37.7 Å². The van der Waals surface area contributed by atoms with Crippen LogP contribution < -0.4 is 4.74 Å². The van der Waals surface area contributed by atoms with Crippen LogP contribution in [-0.2, 0) is 6.42 Å². The van der Waals surface area contributed by atoms with Crippen molar-refractivity contribution >= 4 is 6.08 Å². The number of rotatable bonds is 7. The Labute approximate surface area is 165 Å². The van der Waals surface area contributed by atoms with Crippen LogP contribution in [0.5, 0.6) is 5.75 Å². The van der Waals surface area contributed by atoms with Crippen molar-refractivity contribution in [2.45, 2.75) is 51.4 Å². The fourth-order valence-electron chi connectivity index (χ4n) is 4.14. The summed E-state index contributed by atoms with van der Waals surface area (Å²) in [6.45, 7) is 5.78. The van der Waals surface area contributed by atoms with Crippen LogP contribution in [0.3, 0.4) is 0 Å². The molecule has 0 amide bonds. The molecule has 0 bridgehead atoms. The van der Waals surface area contributed by atoms with Gasteiger partial charge in [-0.2, -0.15) is 0 Å². The first-order chi connectivity index (χ1) is 13.5. The number of hydrogen-bond donors (Lipinski definition) is 0. The van der Waals surface area contributed by atoms with Gasteiger partial charge in [-0.3, -0.25) is 0 Å². The molecule has 28 heavy (non-hydrogen) atoms. The second-order valence-electron chi connectivity index (χ2n) is 7.53. The van der Waals surface area contributed by atoms with E-state index >= 15 is 0 Å². The zero-order valence-corrected chi connectivity index (χ0v) is 16.3. The summed E-state index contributed by atoms with van der Waals surface area (Å²) in [5.41, 5.74) is 1.65. The number of ether oxygens (including phenoxy) is 1. The maximum Gasteiger partial charge on any atom is 0.166 e. The summed E-state index contributed by atoms with van der Waals surface area (Å²) in [6, 6.07) is 8.50. The Bertz CT molecular complexity index is 823. The molecule has 3 rings (SSSR count). The average Bonchev–Trinajstić information content (AvgIpc) is 2.71. The highest BCUT2D eigenvalue weighted by Gasteiger charge is 2.23. The van der Waals surface area contributed by atoms with Crippen molar-refractivity contribution in [1.29, 1.82) is 0 Å². The van der Waals surface area contributed by atoms with Crippen LogP contribution in [0.1, 0.15) is 61.6 Å². The Hall–Kier alpha value is -2.23. The first kappa shape index (κ1) is 20.5. The monoisotopic (exact) mass is 388 g/mol. The molecule has 0 saturated heterocycles. The van der Waals surface area contributed by atoms with Crippen LogP contribution in [0.25, 0.3) is 6.08 Å². The average molecular weight is 388 g/mol. The lowest BCUT2D eigenvalue weighted by atomic mass is 9.77. The van der Waals surface area contributed by atoms with E-state index in [1.165, 1.54) is 6.08 Å². The van der Waals surface area contributed by atoms with Gasteiger partial charge in [0.15, 0.2) is 23.2 Å². The van der Waals surface area contributed by atoms with Gasteiger partial charge in [-0.1, -0.05) is 30.9 Å². The third-order valence-corrected chi connectivity index (χ3v) is 5.81. The third-order valence-electron chi connectivity index (χ3n) is 5.81. The smallest absolute Gasteiger partial charge is 0.166 e. The second kappa shape index (κ2) is 9.31. The second-order valence-corrected chi connectivity index (χ2v) is 7.53. The summed E-state index contributed by atoms with van der Waals surface area (Å²) in [6.07, 6.45) is 6.73. The Balaban J connectivity index is 1.54. The first-order valence-electron chi connectivity index (χ1n) is 10.0. The fraction of sp³-hybridized carbons (Fsp3) is 0.417. The van der Waals surface area contributed by atoms with Gasteiger partial charge >= 0.3 is 0 Å². The Kier molecular flexibility index (Phi) is 6.82. The summed E-state index contributed by atoms with van der Waals surface area (Å²) in [7, 11) is 0. The minimum Gasteiger partial charge on any atom is -0.491 e. The fourth-order valence-corrected chi connectivity index (χ4v) is 4.14. The molecule has 2 aromatic rings.